The zero-order chi connectivity index (χ0) is 22.4. The Balaban J connectivity index is 1.50. The number of hydrogen-bond donors (Lipinski definition) is 0. The van der Waals surface area contributed by atoms with Crippen LogP contribution in [0.25, 0.3) is 11.2 Å². The molecule has 32 heavy (non-hydrogen) atoms. The summed E-state index contributed by atoms with van der Waals surface area (Å²) in [6, 6.07) is 2.98. The molecule has 2 atom stereocenters. The molecule has 2 aliphatic heterocycles. The maximum atomic E-state index is 14.2. The van der Waals surface area contributed by atoms with Crippen LogP contribution in [0.15, 0.2) is 41.8 Å². The molecule has 2 fully saturated rings. The van der Waals surface area contributed by atoms with Gasteiger partial charge in [0.15, 0.2) is 17.2 Å². The smallest absolute Gasteiger partial charge is 0.167 e. The lowest BCUT2D eigenvalue weighted by Gasteiger charge is -2.21. The lowest BCUT2D eigenvalue weighted by Crippen LogP contribution is -2.26. The van der Waals surface area contributed by atoms with Crippen molar-refractivity contribution in [1.29, 1.82) is 0 Å². The first-order valence-electron chi connectivity index (χ1n) is 10.8. The summed E-state index contributed by atoms with van der Waals surface area (Å²) >= 11 is 0. The van der Waals surface area contributed by atoms with Gasteiger partial charge < -0.3 is 14.5 Å². The van der Waals surface area contributed by atoms with Crippen molar-refractivity contribution in [3.05, 3.63) is 53.7 Å². The average Bonchev–Trinajstić information content (AvgIpc) is 3.47. The van der Waals surface area contributed by atoms with Crippen molar-refractivity contribution >= 4 is 29.3 Å². The van der Waals surface area contributed by atoms with E-state index >= 15 is 0 Å². The Labute approximate surface area is 186 Å². The molecule has 0 unspecified atom stereocenters. The number of benzene rings is 1. The minimum Gasteiger partial charge on any atom is -0.494 e. The SMILES string of the molecule is C=Nc1cc(F)c(OC)cc1/C(=C\C)c1cnn2cc(N3C[C@H]4CN(C)C[C@H]4C3)cnc12. The fourth-order valence-corrected chi connectivity index (χ4v) is 5.16. The van der Waals surface area contributed by atoms with Gasteiger partial charge >= 0.3 is 0 Å². The van der Waals surface area contributed by atoms with E-state index in [1.165, 1.54) is 13.2 Å². The zero-order valence-corrected chi connectivity index (χ0v) is 18.6. The topological polar surface area (TPSA) is 58.3 Å². The van der Waals surface area contributed by atoms with Crippen LogP contribution >= 0.6 is 0 Å². The van der Waals surface area contributed by atoms with Crippen molar-refractivity contribution in [2.24, 2.45) is 16.8 Å². The molecule has 2 aromatic heterocycles. The number of likely N-dealkylation sites (tertiary alicyclic amines) is 1. The Morgan fingerprint density at radius 1 is 1.19 bits per heavy atom. The molecule has 0 saturated carbocycles. The van der Waals surface area contributed by atoms with Crippen LogP contribution in [0.1, 0.15) is 18.1 Å². The monoisotopic (exact) mass is 434 g/mol. The van der Waals surface area contributed by atoms with Gasteiger partial charge in [-0.15, -0.1) is 0 Å². The quantitative estimate of drug-likeness (QED) is 0.574. The predicted molar refractivity (Wildman–Crippen MR) is 125 cm³/mol. The summed E-state index contributed by atoms with van der Waals surface area (Å²) in [5.74, 6) is 1.12. The Kier molecular flexibility index (Phi) is 5.17. The molecule has 0 bridgehead atoms. The van der Waals surface area contributed by atoms with E-state index in [9.17, 15) is 4.39 Å². The van der Waals surface area contributed by atoms with E-state index in [0.717, 1.165) is 66.0 Å². The molecule has 5 rings (SSSR count). The van der Waals surface area contributed by atoms with Gasteiger partial charge in [-0.3, -0.25) is 4.99 Å². The molecule has 0 N–H and O–H groups in total. The van der Waals surface area contributed by atoms with Crippen LogP contribution in [-0.4, -0.2) is 66.6 Å². The molecule has 0 radical (unpaired) electrons. The predicted octanol–water partition coefficient (Wildman–Crippen LogP) is 3.66. The highest BCUT2D eigenvalue weighted by Gasteiger charge is 2.38. The largest absolute Gasteiger partial charge is 0.494 e. The number of rotatable bonds is 5. The third-order valence-electron chi connectivity index (χ3n) is 6.69. The summed E-state index contributed by atoms with van der Waals surface area (Å²) in [5.41, 5.74) is 4.68. The molecular weight excluding hydrogens is 407 g/mol. The van der Waals surface area contributed by atoms with Crippen LogP contribution in [0, 0.1) is 17.7 Å². The number of aliphatic imine (C=N–C) groups is 1. The number of aromatic nitrogens is 3. The molecule has 0 amide bonds. The number of methoxy groups -OCH3 is 1. The fraction of sp³-hybridized carbons (Fsp3) is 0.375. The summed E-state index contributed by atoms with van der Waals surface area (Å²) in [6.07, 6.45) is 7.71. The third kappa shape index (κ3) is 3.35. The Hall–Kier alpha value is -3.26. The molecule has 0 spiro atoms. The van der Waals surface area contributed by atoms with Crippen molar-refractivity contribution in [2.75, 3.05) is 45.2 Å². The van der Waals surface area contributed by atoms with E-state index in [2.05, 4.69) is 33.7 Å². The van der Waals surface area contributed by atoms with E-state index in [4.69, 9.17) is 9.72 Å². The second-order valence-corrected chi connectivity index (χ2v) is 8.65. The minimum absolute atomic E-state index is 0.156. The van der Waals surface area contributed by atoms with Crippen molar-refractivity contribution in [1.82, 2.24) is 19.5 Å². The van der Waals surface area contributed by atoms with E-state index in [1.54, 1.807) is 12.3 Å². The normalized spacial score (nSPS) is 21.4. The van der Waals surface area contributed by atoms with E-state index in [-0.39, 0.29) is 5.75 Å². The molecule has 7 nitrogen and oxygen atoms in total. The first-order valence-corrected chi connectivity index (χ1v) is 10.8. The molecule has 1 aromatic carbocycles. The van der Waals surface area contributed by atoms with Gasteiger partial charge in [-0.25, -0.2) is 13.9 Å². The minimum atomic E-state index is -0.474. The highest BCUT2D eigenvalue weighted by molar-refractivity contribution is 5.90. The van der Waals surface area contributed by atoms with Crippen LogP contribution in [0.3, 0.4) is 0 Å². The molecule has 2 aliphatic rings. The van der Waals surface area contributed by atoms with Crippen LogP contribution in [-0.2, 0) is 0 Å². The summed E-state index contributed by atoms with van der Waals surface area (Å²) in [5, 5.41) is 4.57. The maximum Gasteiger partial charge on any atom is 0.167 e. The van der Waals surface area contributed by atoms with Crippen LogP contribution < -0.4 is 9.64 Å². The van der Waals surface area contributed by atoms with Gasteiger partial charge in [-0.1, -0.05) is 6.08 Å². The lowest BCUT2D eigenvalue weighted by molar-refractivity contribution is 0.386. The van der Waals surface area contributed by atoms with Crippen LogP contribution in [0.5, 0.6) is 5.75 Å². The number of halogens is 1. The second kappa shape index (κ2) is 8.02. The summed E-state index contributed by atoms with van der Waals surface area (Å²) < 4.78 is 21.2. The Morgan fingerprint density at radius 3 is 2.59 bits per heavy atom. The number of anilines is 1. The van der Waals surface area contributed by atoms with E-state index in [1.807, 2.05) is 29.9 Å². The van der Waals surface area contributed by atoms with Gasteiger partial charge in [0.05, 0.1) is 37.1 Å². The molecule has 0 aliphatic carbocycles. The summed E-state index contributed by atoms with van der Waals surface area (Å²) in [6.45, 7) is 9.96. The van der Waals surface area contributed by atoms with Gasteiger partial charge in [0.1, 0.15) is 0 Å². The zero-order valence-electron chi connectivity index (χ0n) is 18.6. The number of hydrogen-bond acceptors (Lipinski definition) is 6. The van der Waals surface area contributed by atoms with Gasteiger partial charge in [0.25, 0.3) is 0 Å². The molecular formula is C24H27FN6O. The first-order chi connectivity index (χ1) is 15.5. The van der Waals surface area contributed by atoms with Gasteiger partial charge in [-0.2, -0.15) is 5.10 Å². The van der Waals surface area contributed by atoms with Gasteiger partial charge in [0, 0.05) is 43.4 Å². The van der Waals surface area contributed by atoms with Gasteiger partial charge in [-0.05, 0) is 44.2 Å². The molecule has 3 aromatic rings. The molecule has 8 heteroatoms. The Morgan fingerprint density at radius 2 is 1.94 bits per heavy atom. The molecule has 4 heterocycles. The second-order valence-electron chi connectivity index (χ2n) is 8.65. The van der Waals surface area contributed by atoms with Crippen molar-refractivity contribution in [3.63, 3.8) is 0 Å². The highest BCUT2D eigenvalue weighted by atomic mass is 19.1. The fourth-order valence-electron chi connectivity index (χ4n) is 5.16. The van der Waals surface area contributed by atoms with E-state index < -0.39 is 5.82 Å². The average molecular weight is 435 g/mol. The number of nitrogens with zero attached hydrogens (tertiary/aromatic N) is 6. The van der Waals surface area contributed by atoms with Crippen molar-refractivity contribution in [2.45, 2.75) is 6.92 Å². The van der Waals surface area contributed by atoms with Crippen LogP contribution in [0.2, 0.25) is 0 Å². The van der Waals surface area contributed by atoms with Gasteiger partial charge in [0.2, 0.25) is 0 Å². The number of allylic oxidation sites excluding steroid dienone is 1. The summed E-state index contributed by atoms with van der Waals surface area (Å²) in [4.78, 5) is 13.6. The number of fused-ring (bicyclic) bond motifs is 2. The van der Waals surface area contributed by atoms with Crippen molar-refractivity contribution < 1.29 is 9.13 Å². The summed E-state index contributed by atoms with van der Waals surface area (Å²) in [7, 11) is 3.64. The molecule has 166 valence electrons. The first kappa shape index (κ1) is 20.6. The maximum absolute atomic E-state index is 14.2. The third-order valence-corrected chi connectivity index (χ3v) is 6.69. The molecule has 2 saturated heterocycles. The van der Waals surface area contributed by atoms with E-state index in [0.29, 0.717) is 5.69 Å². The lowest BCUT2D eigenvalue weighted by atomic mass is 9.97. The standard InChI is InChI=1S/C24H27FN6O/c1-5-18(19-6-23(32-4)21(25)7-22(19)26-2)20-9-28-31-14-17(8-27-24(20)31)30-12-15-10-29(3)11-16(15)13-30/h5-9,14-16H,2,10-13H2,1,3-4H3/b18-5+/t15-,16+. The highest BCUT2D eigenvalue weighted by Crippen LogP contribution is 2.37. The van der Waals surface area contributed by atoms with Crippen molar-refractivity contribution in [3.8, 4) is 5.75 Å². The Bertz CT molecular complexity index is 1200. The number of ether oxygens (including phenoxy) is 1. The van der Waals surface area contributed by atoms with Crippen LogP contribution in [0.4, 0.5) is 15.8 Å².